The van der Waals surface area contributed by atoms with Gasteiger partial charge in [0.25, 0.3) is 0 Å². The molecule has 0 aromatic rings. The van der Waals surface area contributed by atoms with Gasteiger partial charge in [-0.3, -0.25) is 9.59 Å². The van der Waals surface area contributed by atoms with Gasteiger partial charge in [0.15, 0.2) is 6.10 Å². The zero-order valence-corrected chi connectivity index (χ0v) is 28.9. The van der Waals surface area contributed by atoms with Gasteiger partial charge in [-0.1, -0.05) is 134 Å². The summed E-state index contributed by atoms with van der Waals surface area (Å²) in [5, 5.41) is 9.53. The summed E-state index contributed by atoms with van der Waals surface area (Å²) < 4.78 is 10.6. The third kappa shape index (κ3) is 33.0. The lowest BCUT2D eigenvalue weighted by atomic mass is 10.1. The van der Waals surface area contributed by atoms with Crippen LogP contribution < -0.4 is 0 Å². The molecule has 0 heterocycles. The minimum atomic E-state index is -0.779. The average Bonchev–Trinajstić information content (AvgIpc) is 3.02. The van der Waals surface area contributed by atoms with Gasteiger partial charge in [0.2, 0.25) is 0 Å². The molecule has 0 saturated carbocycles. The molecule has 1 N–H and O–H groups in total. The number of esters is 2. The average molecular weight is 619 g/mol. The largest absolute Gasteiger partial charge is 0.462 e. The summed E-state index contributed by atoms with van der Waals surface area (Å²) in [5.41, 5.74) is 0. The molecule has 0 aliphatic carbocycles. The molecular weight excluding hydrogens is 548 g/mol. The first kappa shape index (κ1) is 42.1. The Balaban J connectivity index is 3.61. The molecule has 1 atom stereocenters. The highest BCUT2D eigenvalue weighted by atomic mass is 16.6. The molecule has 5 heteroatoms. The maximum absolute atomic E-state index is 12.1. The third-order valence-corrected chi connectivity index (χ3v) is 7.91. The first-order valence-electron chi connectivity index (χ1n) is 18.5. The molecule has 0 bridgehead atoms. The molecule has 44 heavy (non-hydrogen) atoms. The van der Waals surface area contributed by atoms with Crippen molar-refractivity contribution in [2.24, 2.45) is 0 Å². The van der Waals surface area contributed by atoms with E-state index < -0.39 is 6.10 Å². The van der Waals surface area contributed by atoms with E-state index in [0.29, 0.717) is 12.8 Å². The summed E-state index contributed by atoms with van der Waals surface area (Å²) in [6.45, 7) is 4.08. The van der Waals surface area contributed by atoms with E-state index >= 15 is 0 Å². The number of aliphatic hydroxyl groups excluding tert-OH is 1. The van der Waals surface area contributed by atoms with Crippen LogP contribution in [0.1, 0.15) is 181 Å². The number of rotatable bonds is 33. The summed E-state index contributed by atoms with van der Waals surface area (Å²) in [4.78, 5) is 24.2. The van der Waals surface area contributed by atoms with E-state index in [-0.39, 0.29) is 25.2 Å². The first-order valence-corrected chi connectivity index (χ1v) is 18.5. The quantitative estimate of drug-likeness (QED) is 0.0450. The second-order valence-electron chi connectivity index (χ2n) is 12.3. The number of ether oxygens (including phenoxy) is 2. The smallest absolute Gasteiger partial charge is 0.306 e. The van der Waals surface area contributed by atoms with Gasteiger partial charge in [-0.2, -0.15) is 0 Å². The Labute approximate surface area is 272 Å². The Kier molecular flexibility index (Phi) is 34.1. The van der Waals surface area contributed by atoms with Crippen molar-refractivity contribution in [3.05, 3.63) is 36.5 Å². The molecule has 0 fully saturated rings. The van der Waals surface area contributed by atoms with Crippen LogP contribution in [0.15, 0.2) is 36.5 Å². The number of unbranched alkanes of at least 4 members (excludes halogenated alkanes) is 19. The summed E-state index contributed by atoms with van der Waals surface area (Å²) in [7, 11) is 0. The van der Waals surface area contributed by atoms with Gasteiger partial charge in [0.05, 0.1) is 6.61 Å². The molecule has 0 aromatic heterocycles. The van der Waals surface area contributed by atoms with Gasteiger partial charge in [0, 0.05) is 12.8 Å². The van der Waals surface area contributed by atoms with Crippen molar-refractivity contribution in [2.75, 3.05) is 13.2 Å². The highest BCUT2D eigenvalue weighted by Gasteiger charge is 2.16. The molecule has 5 nitrogen and oxygen atoms in total. The normalized spacial score (nSPS) is 12.5. The monoisotopic (exact) mass is 619 g/mol. The number of hydrogen-bond acceptors (Lipinski definition) is 5. The standard InChI is InChI=1S/C39H70O5/c1-3-5-7-9-11-13-15-17-19-21-23-25-27-29-31-33-38(41)43-36-37(35-40)44-39(42)34-32-30-28-26-24-22-20-18-16-14-12-10-8-6-4-2/h12,14,17-20,37,40H,3-11,13,15-16,21-36H2,1-2H3/b14-12+,19-17-,20-18+. The van der Waals surface area contributed by atoms with Crippen molar-refractivity contribution >= 4 is 11.9 Å². The van der Waals surface area contributed by atoms with Crippen LogP contribution in [0.2, 0.25) is 0 Å². The topological polar surface area (TPSA) is 72.8 Å². The lowest BCUT2D eigenvalue weighted by Crippen LogP contribution is -2.28. The predicted octanol–water partition coefficient (Wildman–Crippen LogP) is 11.3. The molecule has 1 unspecified atom stereocenters. The molecular formula is C39H70O5. The van der Waals surface area contributed by atoms with Gasteiger partial charge in [-0.25, -0.2) is 0 Å². The van der Waals surface area contributed by atoms with Crippen molar-refractivity contribution in [3.8, 4) is 0 Å². The van der Waals surface area contributed by atoms with Gasteiger partial charge in [-0.05, 0) is 70.6 Å². The molecule has 0 rings (SSSR count). The lowest BCUT2D eigenvalue weighted by Gasteiger charge is -2.15. The summed E-state index contributed by atoms with van der Waals surface area (Å²) in [5.74, 6) is -0.617. The Morgan fingerprint density at radius 2 is 0.909 bits per heavy atom. The zero-order valence-electron chi connectivity index (χ0n) is 28.9. The molecule has 0 aliphatic heterocycles. The predicted molar refractivity (Wildman–Crippen MR) is 187 cm³/mol. The van der Waals surface area contributed by atoms with E-state index in [9.17, 15) is 14.7 Å². The van der Waals surface area contributed by atoms with E-state index in [4.69, 9.17) is 9.47 Å². The van der Waals surface area contributed by atoms with Crippen LogP contribution in [0.25, 0.3) is 0 Å². The number of hydrogen-bond donors (Lipinski definition) is 1. The van der Waals surface area contributed by atoms with Gasteiger partial charge in [-0.15, -0.1) is 0 Å². The second-order valence-corrected chi connectivity index (χ2v) is 12.3. The van der Waals surface area contributed by atoms with Crippen LogP contribution >= 0.6 is 0 Å². The minimum Gasteiger partial charge on any atom is -0.462 e. The van der Waals surface area contributed by atoms with Crippen LogP contribution in [-0.4, -0.2) is 36.4 Å². The molecule has 0 radical (unpaired) electrons. The molecule has 0 aromatic carbocycles. The van der Waals surface area contributed by atoms with Crippen molar-refractivity contribution in [2.45, 2.75) is 187 Å². The maximum Gasteiger partial charge on any atom is 0.306 e. The summed E-state index contributed by atoms with van der Waals surface area (Å²) in [6, 6.07) is 0. The number of carbonyl (C=O) groups excluding carboxylic acids is 2. The van der Waals surface area contributed by atoms with Crippen LogP contribution in [0.5, 0.6) is 0 Å². The van der Waals surface area contributed by atoms with Crippen molar-refractivity contribution in [1.29, 1.82) is 0 Å². The lowest BCUT2D eigenvalue weighted by molar-refractivity contribution is -0.161. The van der Waals surface area contributed by atoms with Crippen molar-refractivity contribution in [1.82, 2.24) is 0 Å². The molecule has 0 saturated heterocycles. The molecule has 0 spiro atoms. The van der Waals surface area contributed by atoms with Gasteiger partial charge in [0.1, 0.15) is 6.61 Å². The molecule has 256 valence electrons. The fourth-order valence-corrected chi connectivity index (χ4v) is 5.05. The Bertz CT molecular complexity index is 711. The third-order valence-electron chi connectivity index (χ3n) is 7.91. The second kappa shape index (κ2) is 35.6. The maximum atomic E-state index is 12.1. The van der Waals surface area contributed by atoms with E-state index in [1.165, 1.54) is 89.9 Å². The van der Waals surface area contributed by atoms with Gasteiger partial charge < -0.3 is 14.6 Å². The highest BCUT2D eigenvalue weighted by molar-refractivity contribution is 5.70. The number of carbonyl (C=O) groups is 2. The Morgan fingerprint density at radius 1 is 0.523 bits per heavy atom. The van der Waals surface area contributed by atoms with Crippen molar-refractivity contribution in [3.63, 3.8) is 0 Å². The summed E-state index contributed by atoms with van der Waals surface area (Å²) in [6.07, 6.45) is 41.9. The van der Waals surface area contributed by atoms with Crippen molar-refractivity contribution < 1.29 is 24.2 Å². The van der Waals surface area contributed by atoms with Crippen LogP contribution in [0.3, 0.4) is 0 Å². The van der Waals surface area contributed by atoms with Crippen LogP contribution in [0.4, 0.5) is 0 Å². The van der Waals surface area contributed by atoms with E-state index in [0.717, 1.165) is 64.2 Å². The van der Waals surface area contributed by atoms with Gasteiger partial charge >= 0.3 is 11.9 Å². The van der Waals surface area contributed by atoms with Crippen LogP contribution in [-0.2, 0) is 19.1 Å². The minimum absolute atomic E-state index is 0.0751. The molecule has 0 amide bonds. The van der Waals surface area contributed by atoms with E-state index in [1.807, 2.05) is 0 Å². The fraction of sp³-hybridized carbons (Fsp3) is 0.795. The number of aliphatic hydroxyl groups is 1. The number of allylic oxidation sites excluding steroid dienone is 6. The highest BCUT2D eigenvalue weighted by Crippen LogP contribution is 2.12. The first-order chi connectivity index (χ1) is 21.6. The summed E-state index contributed by atoms with van der Waals surface area (Å²) >= 11 is 0. The van der Waals surface area contributed by atoms with E-state index in [2.05, 4.69) is 50.3 Å². The Morgan fingerprint density at radius 3 is 1.41 bits per heavy atom. The molecule has 0 aliphatic rings. The fourth-order valence-electron chi connectivity index (χ4n) is 5.05. The zero-order chi connectivity index (χ0) is 32.2. The SMILES string of the molecule is CCCCC/C=C/C/C=C/CCCCCCCC(=O)OC(CO)COC(=O)CCCCCCC/C=C\CCCCCCCC. The van der Waals surface area contributed by atoms with E-state index in [1.54, 1.807) is 0 Å². The van der Waals surface area contributed by atoms with Crippen LogP contribution in [0, 0.1) is 0 Å². The Hall–Kier alpha value is -1.88.